The Morgan fingerprint density at radius 1 is 1.32 bits per heavy atom. The third-order valence-electron chi connectivity index (χ3n) is 4.27. The second kappa shape index (κ2) is 5.33. The molecule has 5 nitrogen and oxygen atoms in total. The van der Waals surface area contributed by atoms with Gasteiger partial charge in [0.15, 0.2) is 0 Å². The number of hydrogen-bond donors (Lipinski definition) is 0. The molecular formula is C14H22N4O. The van der Waals surface area contributed by atoms with Crippen LogP contribution in [0.5, 0.6) is 0 Å². The van der Waals surface area contributed by atoms with Crippen molar-refractivity contribution in [3.8, 4) is 0 Å². The van der Waals surface area contributed by atoms with Crippen molar-refractivity contribution in [2.24, 2.45) is 7.05 Å². The van der Waals surface area contributed by atoms with E-state index in [9.17, 15) is 4.79 Å². The van der Waals surface area contributed by atoms with Crippen LogP contribution in [0, 0.1) is 0 Å². The summed E-state index contributed by atoms with van der Waals surface area (Å²) in [5, 5.41) is 4.25. The third kappa shape index (κ3) is 2.66. The standard InChI is InChI=1S/C14H22N4O/c1-16-10-12(9-15-16)13-5-4-8-18(13)11-14(19)17-6-2-3-7-17/h9-10,13H,2-8,11H2,1H3. The van der Waals surface area contributed by atoms with Gasteiger partial charge in [0.25, 0.3) is 0 Å². The molecule has 0 spiro atoms. The minimum atomic E-state index is 0.299. The van der Waals surface area contributed by atoms with Gasteiger partial charge < -0.3 is 4.90 Å². The Balaban J connectivity index is 1.64. The van der Waals surface area contributed by atoms with E-state index >= 15 is 0 Å². The van der Waals surface area contributed by atoms with Gasteiger partial charge in [-0.2, -0.15) is 5.10 Å². The number of hydrogen-bond acceptors (Lipinski definition) is 3. The fourth-order valence-electron chi connectivity index (χ4n) is 3.25. The van der Waals surface area contributed by atoms with Crippen molar-refractivity contribution in [1.82, 2.24) is 19.6 Å². The van der Waals surface area contributed by atoms with Crippen LogP contribution in [-0.4, -0.2) is 51.7 Å². The number of aromatic nitrogens is 2. The molecule has 0 N–H and O–H groups in total. The van der Waals surface area contributed by atoms with E-state index in [1.807, 2.05) is 22.8 Å². The number of carbonyl (C=O) groups excluding carboxylic acids is 1. The largest absolute Gasteiger partial charge is 0.342 e. The number of amides is 1. The lowest BCUT2D eigenvalue weighted by molar-refractivity contribution is -0.131. The average molecular weight is 262 g/mol. The Bertz CT molecular complexity index is 450. The number of carbonyl (C=O) groups is 1. The second-order valence-electron chi connectivity index (χ2n) is 5.66. The molecule has 2 fully saturated rings. The fourth-order valence-corrected chi connectivity index (χ4v) is 3.25. The zero-order valence-electron chi connectivity index (χ0n) is 11.6. The molecule has 3 heterocycles. The van der Waals surface area contributed by atoms with Crippen LogP contribution in [0.2, 0.25) is 0 Å². The third-order valence-corrected chi connectivity index (χ3v) is 4.27. The molecule has 2 aliphatic heterocycles. The molecule has 1 aromatic heterocycles. The van der Waals surface area contributed by atoms with Crippen LogP contribution in [-0.2, 0) is 11.8 Å². The van der Waals surface area contributed by atoms with Crippen LogP contribution in [0.25, 0.3) is 0 Å². The summed E-state index contributed by atoms with van der Waals surface area (Å²) in [5.74, 6) is 0.299. The molecule has 3 rings (SSSR count). The molecular weight excluding hydrogens is 240 g/mol. The van der Waals surface area contributed by atoms with Crippen molar-refractivity contribution in [2.75, 3.05) is 26.2 Å². The average Bonchev–Trinajstić information content (AvgIpc) is 3.08. The van der Waals surface area contributed by atoms with E-state index in [-0.39, 0.29) is 0 Å². The minimum absolute atomic E-state index is 0.299. The first-order valence-electron chi connectivity index (χ1n) is 7.24. The minimum Gasteiger partial charge on any atom is -0.342 e. The highest BCUT2D eigenvalue weighted by Crippen LogP contribution is 2.31. The van der Waals surface area contributed by atoms with Crippen LogP contribution in [0.3, 0.4) is 0 Å². The smallest absolute Gasteiger partial charge is 0.236 e. The summed E-state index contributed by atoms with van der Waals surface area (Å²) < 4.78 is 1.84. The van der Waals surface area contributed by atoms with Crippen molar-refractivity contribution in [1.29, 1.82) is 0 Å². The SMILES string of the molecule is Cn1cc(C2CCCN2CC(=O)N2CCCC2)cn1. The van der Waals surface area contributed by atoms with Gasteiger partial charge in [0, 0.05) is 37.9 Å². The summed E-state index contributed by atoms with van der Waals surface area (Å²) in [6, 6.07) is 0.375. The van der Waals surface area contributed by atoms with Gasteiger partial charge in [0.05, 0.1) is 12.7 Å². The molecule has 1 amide bonds. The van der Waals surface area contributed by atoms with Gasteiger partial charge in [0.2, 0.25) is 5.91 Å². The molecule has 5 heteroatoms. The first kappa shape index (κ1) is 12.7. The van der Waals surface area contributed by atoms with Gasteiger partial charge in [-0.15, -0.1) is 0 Å². The van der Waals surface area contributed by atoms with E-state index in [1.165, 1.54) is 12.0 Å². The van der Waals surface area contributed by atoms with E-state index in [2.05, 4.69) is 16.2 Å². The Morgan fingerprint density at radius 3 is 2.79 bits per heavy atom. The van der Waals surface area contributed by atoms with Crippen LogP contribution < -0.4 is 0 Å². The molecule has 0 bridgehead atoms. The zero-order chi connectivity index (χ0) is 13.2. The highest BCUT2D eigenvalue weighted by molar-refractivity contribution is 5.78. The molecule has 0 radical (unpaired) electrons. The molecule has 1 atom stereocenters. The van der Waals surface area contributed by atoms with Crippen molar-refractivity contribution >= 4 is 5.91 Å². The van der Waals surface area contributed by atoms with Gasteiger partial charge >= 0.3 is 0 Å². The number of nitrogens with zero attached hydrogens (tertiary/aromatic N) is 4. The molecule has 2 aliphatic rings. The maximum Gasteiger partial charge on any atom is 0.236 e. The molecule has 0 aromatic carbocycles. The van der Waals surface area contributed by atoms with Gasteiger partial charge in [-0.1, -0.05) is 0 Å². The summed E-state index contributed by atoms with van der Waals surface area (Å²) in [5.41, 5.74) is 1.24. The first-order valence-corrected chi connectivity index (χ1v) is 7.24. The number of aryl methyl sites for hydroxylation is 1. The molecule has 19 heavy (non-hydrogen) atoms. The summed E-state index contributed by atoms with van der Waals surface area (Å²) >= 11 is 0. The van der Waals surface area contributed by atoms with E-state index in [0.29, 0.717) is 18.5 Å². The van der Waals surface area contributed by atoms with Gasteiger partial charge in [0.1, 0.15) is 0 Å². The van der Waals surface area contributed by atoms with Crippen molar-refractivity contribution in [3.63, 3.8) is 0 Å². The van der Waals surface area contributed by atoms with E-state index in [4.69, 9.17) is 0 Å². The maximum atomic E-state index is 12.2. The summed E-state index contributed by atoms with van der Waals surface area (Å²) in [4.78, 5) is 16.6. The molecule has 2 saturated heterocycles. The summed E-state index contributed by atoms with van der Waals surface area (Å²) in [6.07, 6.45) is 8.65. The lowest BCUT2D eigenvalue weighted by Gasteiger charge is -2.25. The van der Waals surface area contributed by atoms with Crippen LogP contribution in [0.1, 0.15) is 37.3 Å². The fraction of sp³-hybridized carbons (Fsp3) is 0.714. The van der Waals surface area contributed by atoms with Crippen molar-refractivity contribution < 1.29 is 4.79 Å². The molecule has 1 unspecified atom stereocenters. The van der Waals surface area contributed by atoms with Gasteiger partial charge in [-0.05, 0) is 32.2 Å². The Kier molecular flexibility index (Phi) is 3.55. The number of likely N-dealkylation sites (tertiary alicyclic amines) is 2. The lowest BCUT2D eigenvalue weighted by atomic mass is 10.1. The highest BCUT2D eigenvalue weighted by atomic mass is 16.2. The molecule has 104 valence electrons. The molecule has 0 aliphatic carbocycles. The Morgan fingerprint density at radius 2 is 2.11 bits per heavy atom. The predicted molar refractivity (Wildman–Crippen MR) is 72.6 cm³/mol. The molecule has 0 saturated carbocycles. The van der Waals surface area contributed by atoms with Gasteiger partial charge in [-0.3, -0.25) is 14.4 Å². The highest BCUT2D eigenvalue weighted by Gasteiger charge is 2.30. The molecule has 1 aromatic rings. The second-order valence-corrected chi connectivity index (χ2v) is 5.66. The lowest BCUT2D eigenvalue weighted by Crippen LogP contribution is -2.38. The monoisotopic (exact) mass is 262 g/mol. The van der Waals surface area contributed by atoms with Crippen LogP contribution in [0.4, 0.5) is 0 Å². The summed E-state index contributed by atoms with van der Waals surface area (Å²) in [7, 11) is 1.94. The van der Waals surface area contributed by atoms with Crippen molar-refractivity contribution in [2.45, 2.75) is 31.7 Å². The zero-order valence-corrected chi connectivity index (χ0v) is 11.6. The van der Waals surface area contributed by atoms with Crippen molar-refractivity contribution in [3.05, 3.63) is 18.0 Å². The first-order chi connectivity index (χ1) is 9.24. The van der Waals surface area contributed by atoms with Gasteiger partial charge in [-0.25, -0.2) is 0 Å². The van der Waals surface area contributed by atoms with E-state index in [0.717, 1.165) is 38.9 Å². The Labute approximate surface area is 114 Å². The van der Waals surface area contributed by atoms with Crippen LogP contribution in [0.15, 0.2) is 12.4 Å². The van der Waals surface area contributed by atoms with E-state index < -0.39 is 0 Å². The Hall–Kier alpha value is -1.36. The van der Waals surface area contributed by atoms with E-state index in [1.54, 1.807) is 0 Å². The number of rotatable bonds is 3. The maximum absolute atomic E-state index is 12.2. The summed E-state index contributed by atoms with van der Waals surface area (Å²) in [6.45, 7) is 3.49. The quantitative estimate of drug-likeness (QED) is 0.821. The normalized spacial score (nSPS) is 24.3. The predicted octanol–water partition coefficient (Wildman–Crippen LogP) is 1.18. The topological polar surface area (TPSA) is 41.4 Å². The van der Waals surface area contributed by atoms with Crippen LogP contribution >= 0.6 is 0 Å².